The molecule has 3 nitrogen and oxygen atoms in total. The van der Waals surface area contributed by atoms with E-state index in [9.17, 15) is 4.79 Å². The Bertz CT molecular complexity index is 438. The van der Waals surface area contributed by atoms with Gasteiger partial charge in [-0.05, 0) is 36.3 Å². The summed E-state index contributed by atoms with van der Waals surface area (Å²) in [6.07, 6.45) is 3.84. The summed E-state index contributed by atoms with van der Waals surface area (Å²) < 4.78 is 0. The van der Waals surface area contributed by atoms with Crippen LogP contribution in [0.4, 0.5) is 0 Å². The predicted octanol–water partition coefficient (Wildman–Crippen LogP) is 3.40. The molecule has 0 aliphatic carbocycles. The van der Waals surface area contributed by atoms with Gasteiger partial charge in [-0.25, -0.2) is 0 Å². The van der Waals surface area contributed by atoms with Gasteiger partial charge in [-0.1, -0.05) is 34.1 Å². The molecule has 0 radical (unpaired) electrons. The van der Waals surface area contributed by atoms with E-state index >= 15 is 0 Å². The maximum atomic E-state index is 12.2. The Morgan fingerprint density at radius 1 is 1.40 bits per heavy atom. The van der Waals surface area contributed by atoms with Crippen LogP contribution in [0.5, 0.6) is 0 Å². The molecule has 0 aliphatic heterocycles. The number of aryl methyl sites for hydroxylation is 2. The Morgan fingerprint density at radius 2 is 2.10 bits per heavy atom. The summed E-state index contributed by atoms with van der Waals surface area (Å²) in [6.45, 7) is 9.15. The van der Waals surface area contributed by atoms with E-state index in [0.29, 0.717) is 13.0 Å². The Kier molecular flexibility index (Phi) is 6.69. The van der Waals surface area contributed by atoms with Crippen LogP contribution in [0, 0.1) is 5.41 Å². The number of nitrogens with one attached hydrogen (secondary N) is 1. The van der Waals surface area contributed by atoms with E-state index in [2.05, 4.69) is 33.0 Å². The van der Waals surface area contributed by atoms with Crippen molar-refractivity contribution < 1.29 is 9.90 Å². The number of thiophene rings is 1. The standard InChI is InChI=1S/C16H27NO2S/c1-5-7-13-12(6-2)10-14(20-13)15(19)17-11-16(3,4)8-9-18/h10,18H,5-9,11H2,1-4H3,(H,17,19). The van der Waals surface area contributed by atoms with E-state index in [0.717, 1.165) is 24.1 Å². The first-order valence-electron chi connectivity index (χ1n) is 7.44. The molecule has 0 aliphatic rings. The molecule has 20 heavy (non-hydrogen) atoms. The zero-order valence-corrected chi connectivity index (χ0v) is 13.9. The molecule has 114 valence electrons. The van der Waals surface area contributed by atoms with Gasteiger partial charge >= 0.3 is 0 Å². The minimum absolute atomic E-state index is 0.0121. The quantitative estimate of drug-likeness (QED) is 0.772. The van der Waals surface area contributed by atoms with E-state index in [-0.39, 0.29) is 17.9 Å². The molecule has 0 spiro atoms. The minimum atomic E-state index is -0.0680. The molecule has 1 aromatic rings. The van der Waals surface area contributed by atoms with Crippen LogP contribution in [-0.4, -0.2) is 24.2 Å². The van der Waals surface area contributed by atoms with Crippen LogP contribution < -0.4 is 5.32 Å². The number of carbonyl (C=O) groups excluding carboxylic acids is 1. The van der Waals surface area contributed by atoms with Crippen molar-refractivity contribution in [3.05, 3.63) is 21.4 Å². The highest BCUT2D eigenvalue weighted by molar-refractivity contribution is 7.14. The van der Waals surface area contributed by atoms with Crippen molar-refractivity contribution in [1.29, 1.82) is 0 Å². The Labute approximate surface area is 126 Å². The lowest BCUT2D eigenvalue weighted by atomic mass is 9.90. The molecule has 2 N–H and O–H groups in total. The summed E-state index contributed by atoms with van der Waals surface area (Å²) in [5, 5.41) is 12.0. The zero-order valence-electron chi connectivity index (χ0n) is 13.1. The first-order valence-corrected chi connectivity index (χ1v) is 8.25. The molecule has 0 aromatic carbocycles. The van der Waals surface area contributed by atoms with E-state index < -0.39 is 0 Å². The van der Waals surface area contributed by atoms with E-state index in [4.69, 9.17) is 5.11 Å². The fraction of sp³-hybridized carbons (Fsp3) is 0.688. The smallest absolute Gasteiger partial charge is 0.261 e. The van der Waals surface area contributed by atoms with Crippen molar-refractivity contribution in [2.24, 2.45) is 5.41 Å². The predicted molar refractivity (Wildman–Crippen MR) is 85.5 cm³/mol. The number of carbonyl (C=O) groups is 1. The second kappa shape index (κ2) is 7.79. The lowest BCUT2D eigenvalue weighted by Crippen LogP contribution is -2.34. The lowest BCUT2D eigenvalue weighted by molar-refractivity contribution is 0.0932. The van der Waals surface area contributed by atoms with Crippen LogP contribution in [0.1, 0.15) is 60.6 Å². The molecule has 1 heterocycles. The molecule has 1 rings (SSSR count). The van der Waals surface area contributed by atoms with Gasteiger partial charge in [-0.2, -0.15) is 0 Å². The lowest BCUT2D eigenvalue weighted by Gasteiger charge is -2.23. The highest BCUT2D eigenvalue weighted by atomic mass is 32.1. The molecule has 0 fully saturated rings. The van der Waals surface area contributed by atoms with Gasteiger partial charge in [0.1, 0.15) is 0 Å². The van der Waals surface area contributed by atoms with Gasteiger partial charge in [-0.15, -0.1) is 11.3 Å². The summed E-state index contributed by atoms with van der Waals surface area (Å²) in [7, 11) is 0. The second-order valence-electron chi connectivity index (χ2n) is 5.98. The summed E-state index contributed by atoms with van der Waals surface area (Å²) in [6, 6.07) is 2.03. The molecule has 1 amide bonds. The Morgan fingerprint density at radius 3 is 2.65 bits per heavy atom. The van der Waals surface area contributed by atoms with Gasteiger partial charge in [0.2, 0.25) is 0 Å². The number of hydrogen-bond acceptors (Lipinski definition) is 3. The average molecular weight is 297 g/mol. The number of aliphatic hydroxyl groups is 1. The van der Waals surface area contributed by atoms with Crippen molar-refractivity contribution in [2.45, 2.75) is 53.4 Å². The van der Waals surface area contributed by atoms with E-state index in [1.807, 2.05) is 6.07 Å². The third kappa shape index (κ3) is 4.91. The third-order valence-electron chi connectivity index (χ3n) is 3.49. The SMILES string of the molecule is CCCc1sc(C(=O)NCC(C)(C)CCO)cc1CC. The monoisotopic (exact) mass is 297 g/mol. The van der Waals surface area contributed by atoms with E-state index in [1.54, 1.807) is 11.3 Å². The van der Waals surface area contributed by atoms with Crippen molar-refractivity contribution in [2.75, 3.05) is 13.2 Å². The number of aliphatic hydroxyl groups excluding tert-OH is 1. The molecule has 0 atom stereocenters. The van der Waals surface area contributed by atoms with Crippen LogP contribution in [0.25, 0.3) is 0 Å². The number of hydrogen-bond donors (Lipinski definition) is 2. The van der Waals surface area contributed by atoms with Crippen molar-refractivity contribution in [3.63, 3.8) is 0 Å². The highest BCUT2D eigenvalue weighted by Crippen LogP contribution is 2.25. The van der Waals surface area contributed by atoms with Gasteiger partial charge in [0, 0.05) is 18.0 Å². The molecular formula is C16H27NO2S. The van der Waals surface area contributed by atoms with Crippen LogP contribution >= 0.6 is 11.3 Å². The summed E-state index contributed by atoms with van der Waals surface area (Å²) in [5.41, 5.74) is 1.23. The Balaban J connectivity index is 2.68. The largest absolute Gasteiger partial charge is 0.396 e. The fourth-order valence-corrected chi connectivity index (χ4v) is 3.39. The topological polar surface area (TPSA) is 49.3 Å². The molecule has 4 heteroatoms. The minimum Gasteiger partial charge on any atom is -0.396 e. The van der Waals surface area contributed by atoms with Gasteiger partial charge < -0.3 is 10.4 Å². The van der Waals surface area contributed by atoms with Crippen molar-refractivity contribution in [3.8, 4) is 0 Å². The molecule has 0 saturated heterocycles. The maximum Gasteiger partial charge on any atom is 0.261 e. The molecular weight excluding hydrogens is 270 g/mol. The average Bonchev–Trinajstić information content (AvgIpc) is 2.80. The highest BCUT2D eigenvalue weighted by Gasteiger charge is 2.20. The van der Waals surface area contributed by atoms with Crippen LogP contribution in [0.2, 0.25) is 0 Å². The Hall–Kier alpha value is -0.870. The number of rotatable bonds is 8. The maximum absolute atomic E-state index is 12.2. The summed E-state index contributed by atoms with van der Waals surface area (Å²) in [4.78, 5) is 14.4. The van der Waals surface area contributed by atoms with Gasteiger partial charge in [0.25, 0.3) is 5.91 Å². The van der Waals surface area contributed by atoms with Crippen LogP contribution in [0.3, 0.4) is 0 Å². The first-order chi connectivity index (χ1) is 9.43. The van der Waals surface area contributed by atoms with Gasteiger partial charge in [-0.3, -0.25) is 4.79 Å². The second-order valence-corrected chi connectivity index (χ2v) is 7.12. The molecule has 0 bridgehead atoms. The normalized spacial score (nSPS) is 11.7. The molecule has 0 saturated carbocycles. The first kappa shape index (κ1) is 17.2. The van der Waals surface area contributed by atoms with Crippen LogP contribution in [0.15, 0.2) is 6.07 Å². The van der Waals surface area contributed by atoms with E-state index in [1.165, 1.54) is 10.4 Å². The molecule has 1 aromatic heterocycles. The van der Waals surface area contributed by atoms with Crippen molar-refractivity contribution in [1.82, 2.24) is 5.32 Å². The van der Waals surface area contributed by atoms with Gasteiger partial charge in [0.05, 0.1) is 4.88 Å². The number of amides is 1. The fourth-order valence-electron chi connectivity index (χ4n) is 2.11. The third-order valence-corrected chi connectivity index (χ3v) is 4.73. The summed E-state index contributed by atoms with van der Waals surface area (Å²) in [5.74, 6) is 0.0121. The van der Waals surface area contributed by atoms with Crippen LogP contribution in [-0.2, 0) is 12.8 Å². The van der Waals surface area contributed by atoms with Gasteiger partial charge in [0.15, 0.2) is 0 Å². The molecule has 0 unspecified atom stereocenters. The van der Waals surface area contributed by atoms with Crippen molar-refractivity contribution >= 4 is 17.2 Å². The summed E-state index contributed by atoms with van der Waals surface area (Å²) >= 11 is 1.62. The zero-order chi connectivity index (χ0) is 15.2.